The van der Waals surface area contributed by atoms with Crippen LogP contribution in [0.25, 0.3) is 11.0 Å². The maximum absolute atomic E-state index is 12.3. The van der Waals surface area contributed by atoms with Crippen molar-refractivity contribution in [2.45, 2.75) is 26.2 Å². The maximum Gasteiger partial charge on any atom is 0.262 e. The van der Waals surface area contributed by atoms with Crippen LogP contribution in [-0.2, 0) is 6.42 Å². The van der Waals surface area contributed by atoms with Crippen LogP contribution >= 0.6 is 0 Å². The van der Waals surface area contributed by atoms with Crippen molar-refractivity contribution in [3.05, 3.63) is 51.7 Å². The van der Waals surface area contributed by atoms with Crippen molar-refractivity contribution in [2.75, 3.05) is 7.11 Å². The molecule has 0 atom stereocenters. The molecule has 0 unspecified atom stereocenters. The second-order valence-electron chi connectivity index (χ2n) is 5.53. The second kappa shape index (κ2) is 5.63. The largest absolute Gasteiger partial charge is 0.497 e. The van der Waals surface area contributed by atoms with Crippen LogP contribution in [-0.4, -0.2) is 27.3 Å². The van der Waals surface area contributed by atoms with Gasteiger partial charge in [-0.3, -0.25) is 9.89 Å². The summed E-state index contributed by atoms with van der Waals surface area (Å²) in [6.07, 6.45) is 0.541. The van der Waals surface area contributed by atoms with Crippen molar-refractivity contribution in [1.82, 2.24) is 20.2 Å². The first-order chi connectivity index (χ1) is 10.6. The van der Waals surface area contributed by atoms with E-state index in [1.807, 2.05) is 38.1 Å². The van der Waals surface area contributed by atoms with E-state index >= 15 is 0 Å². The lowest BCUT2D eigenvalue weighted by molar-refractivity contribution is 0.414. The lowest BCUT2D eigenvalue weighted by Crippen LogP contribution is -2.13. The Morgan fingerprint density at radius 3 is 2.59 bits per heavy atom. The van der Waals surface area contributed by atoms with E-state index in [4.69, 9.17) is 4.74 Å². The normalized spacial score (nSPS) is 11.3. The first-order valence-corrected chi connectivity index (χ1v) is 7.18. The molecule has 1 aromatic carbocycles. The Hall–Kier alpha value is -2.63. The molecule has 22 heavy (non-hydrogen) atoms. The zero-order valence-electron chi connectivity index (χ0n) is 12.8. The van der Waals surface area contributed by atoms with Crippen molar-refractivity contribution in [3.63, 3.8) is 0 Å². The number of nitrogens with zero attached hydrogens (tertiary/aromatic N) is 2. The third kappa shape index (κ3) is 2.59. The SMILES string of the molecule is COc1ccc(Cc2nc3n[nH]c(C(C)C)c3c(=O)[nH]2)cc1. The molecule has 0 aliphatic carbocycles. The van der Waals surface area contributed by atoms with Crippen LogP contribution < -0.4 is 10.3 Å². The molecule has 0 fully saturated rings. The molecule has 6 nitrogen and oxygen atoms in total. The summed E-state index contributed by atoms with van der Waals surface area (Å²) in [7, 11) is 1.63. The lowest BCUT2D eigenvalue weighted by atomic mass is 10.1. The van der Waals surface area contributed by atoms with Crippen LogP contribution in [0.15, 0.2) is 29.1 Å². The van der Waals surface area contributed by atoms with Crippen LogP contribution in [0.3, 0.4) is 0 Å². The number of fused-ring (bicyclic) bond motifs is 1. The monoisotopic (exact) mass is 298 g/mol. The fraction of sp³-hybridized carbons (Fsp3) is 0.312. The number of H-pyrrole nitrogens is 2. The molecule has 2 heterocycles. The van der Waals surface area contributed by atoms with E-state index in [1.165, 1.54) is 0 Å². The fourth-order valence-corrected chi connectivity index (χ4v) is 2.44. The summed E-state index contributed by atoms with van der Waals surface area (Å²) in [5, 5.41) is 7.61. The molecule has 3 rings (SSSR count). The van der Waals surface area contributed by atoms with Gasteiger partial charge in [0.1, 0.15) is 17.0 Å². The predicted octanol–water partition coefficient (Wildman–Crippen LogP) is 2.37. The van der Waals surface area contributed by atoms with E-state index in [0.717, 1.165) is 17.0 Å². The minimum absolute atomic E-state index is 0.147. The molecule has 2 aromatic heterocycles. The van der Waals surface area contributed by atoms with Gasteiger partial charge in [-0.1, -0.05) is 26.0 Å². The highest BCUT2D eigenvalue weighted by molar-refractivity contribution is 5.77. The minimum atomic E-state index is -0.147. The Bertz CT molecular complexity index is 847. The maximum atomic E-state index is 12.3. The number of hydrogen-bond acceptors (Lipinski definition) is 4. The zero-order valence-corrected chi connectivity index (χ0v) is 12.8. The fourth-order valence-electron chi connectivity index (χ4n) is 2.44. The van der Waals surface area contributed by atoms with Crippen molar-refractivity contribution < 1.29 is 4.74 Å². The summed E-state index contributed by atoms with van der Waals surface area (Å²) in [6, 6.07) is 7.68. The van der Waals surface area contributed by atoms with Gasteiger partial charge in [-0.05, 0) is 23.6 Å². The summed E-state index contributed by atoms with van der Waals surface area (Å²) in [5.41, 5.74) is 2.18. The summed E-state index contributed by atoms with van der Waals surface area (Å²) in [4.78, 5) is 19.6. The molecular weight excluding hydrogens is 280 g/mol. The average molecular weight is 298 g/mol. The molecule has 6 heteroatoms. The molecule has 0 aliphatic rings. The summed E-state index contributed by atoms with van der Waals surface area (Å²) in [5.74, 6) is 1.60. The predicted molar refractivity (Wildman–Crippen MR) is 84.4 cm³/mol. The first kappa shape index (κ1) is 14.3. The topological polar surface area (TPSA) is 83.7 Å². The average Bonchev–Trinajstić information content (AvgIpc) is 2.92. The number of rotatable bonds is 4. The van der Waals surface area contributed by atoms with Gasteiger partial charge in [0.05, 0.1) is 12.8 Å². The van der Waals surface area contributed by atoms with Gasteiger partial charge in [0.15, 0.2) is 5.65 Å². The van der Waals surface area contributed by atoms with Crippen LogP contribution in [0.4, 0.5) is 0 Å². The van der Waals surface area contributed by atoms with E-state index in [0.29, 0.717) is 23.3 Å². The van der Waals surface area contributed by atoms with Crippen molar-refractivity contribution in [2.24, 2.45) is 0 Å². The molecule has 2 N–H and O–H groups in total. The van der Waals surface area contributed by atoms with Crippen LogP contribution in [0, 0.1) is 0 Å². The van der Waals surface area contributed by atoms with Crippen molar-refractivity contribution >= 4 is 11.0 Å². The van der Waals surface area contributed by atoms with E-state index < -0.39 is 0 Å². The third-order valence-electron chi connectivity index (χ3n) is 3.61. The number of nitrogens with one attached hydrogen (secondary N) is 2. The highest BCUT2D eigenvalue weighted by Gasteiger charge is 2.14. The Morgan fingerprint density at radius 2 is 1.95 bits per heavy atom. The minimum Gasteiger partial charge on any atom is -0.497 e. The smallest absolute Gasteiger partial charge is 0.262 e. The third-order valence-corrected chi connectivity index (χ3v) is 3.61. The zero-order chi connectivity index (χ0) is 15.7. The summed E-state index contributed by atoms with van der Waals surface area (Å²) >= 11 is 0. The van der Waals surface area contributed by atoms with Gasteiger partial charge in [-0.2, -0.15) is 5.10 Å². The molecule has 0 amide bonds. The second-order valence-corrected chi connectivity index (χ2v) is 5.53. The summed E-state index contributed by atoms with van der Waals surface area (Å²) < 4.78 is 5.13. The molecule has 0 bridgehead atoms. The Balaban J connectivity index is 1.96. The van der Waals surface area contributed by atoms with E-state index in [1.54, 1.807) is 7.11 Å². The Labute approximate surface area is 127 Å². The number of ether oxygens (including phenoxy) is 1. The van der Waals surface area contributed by atoms with E-state index in [9.17, 15) is 4.79 Å². The standard InChI is InChI=1S/C16H18N4O2/c1-9(2)14-13-15(20-19-14)17-12(18-16(13)21)8-10-4-6-11(22-3)7-5-10/h4-7,9H,8H2,1-3H3,(H2,17,18,19,20,21). The quantitative estimate of drug-likeness (QED) is 0.774. The van der Waals surface area contributed by atoms with Gasteiger partial charge in [0.25, 0.3) is 5.56 Å². The van der Waals surface area contributed by atoms with Crippen LogP contribution in [0.2, 0.25) is 0 Å². The van der Waals surface area contributed by atoms with E-state index in [-0.39, 0.29) is 11.5 Å². The van der Waals surface area contributed by atoms with Gasteiger partial charge < -0.3 is 9.72 Å². The lowest BCUT2D eigenvalue weighted by Gasteiger charge is -2.04. The number of methoxy groups -OCH3 is 1. The molecule has 3 aromatic rings. The molecule has 0 radical (unpaired) electrons. The number of hydrogen-bond donors (Lipinski definition) is 2. The van der Waals surface area contributed by atoms with Crippen molar-refractivity contribution in [3.8, 4) is 5.75 Å². The van der Waals surface area contributed by atoms with Crippen molar-refractivity contribution in [1.29, 1.82) is 0 Å². The van der Waals surface area contributed by atoms with Gasteiger partial charge >= 0.3 is 0 Å². The number of benzene rings is 1. The Morgan fingerprint density at radius 1 is 1.23 bits per heavy atom. The highest BCUT2D eigenvalue weighted by Crippen LogP contribution is 2.19. The summed E-state index contributed by atoms with van der Waals surface area (Å²) in [6.45, 7) is 4.02. The molecule has 0 spiro atoms. The molecule has 114 valence electrons. The van der Waals surface area contributed by atoms with Crippen LogP contribution in [0.5, 0.6) is 5.75 Å². The van der Waals surface area contributed by atoms with Gasteiger partial charge in [-0.15, -0.1) is 0 Å². The molecule has 0 saturated carbocycles. The van der Waals surface area contributed by atoms with Gasteiger partial charge in [0, 0.05) is 6.42 Å². The number of aromatic nitrogens is 4. The Kier molecular flexibility index (Phi) is 3.66. The van der Waals surface area contributed by atoms with E-state index in [2.05, 4.69) is 20.2 Å². The molecule has 0 aliphatic heterocycles. The van der Waals surface area contributed by atoms with Gasteiger partial charge in [0.2, 0.25) is 0 Å². The highest BCUT2D eigenvalue weighted by atomic mass is 16.5. The molecular formula is C16H18N4O2. The molecule has 0 saturated heterocycles. The van der Waals surface area contributed by atoms with Gasteiger partial charge in [-0.25, -0.2) is 4.98 Å². The van der Waals surface area contributed by atoms with Crippen LogP contribution in [0.1, 0.15) is 36.8 Å². The number of aromatic amines is 2. The first-order valence-electron chi connectivity index (χ1n) is 7.18.